The predicted molar refractivity (Wildman–Crippen MR) is 53.3 cm³/mol. The van der Waals surface area contributed by atoms with Gasteiger partial charge in [-0.3, -0.25) is 0 Å². The molecular formula is C9H22O5. The second kappa shape index (κ2) is 15.3. The second-order valence-corrected chi connectivity index (χ2v) is 2.63. The van der Waals surface area contributed by atoms with Crippen molar-refractivity contribution in [2.75, 3.05) is 47.3 Å². The molecule has 0 saturated heterocycles. The van der Waals surface area contributed by atoms with E-state index in [4.69, 9.17) is 24.4 Å². The van der Waals surface area contributed by atoms with Gasteiger partial charge in [0.05, 0.1) is 39.1 Å². The van der Waals surface area contributed by atoms with Crippen molar-refractivity contribution >= 4 is 0 Å². The average Bonchev–Trinajstić information content (AvgIpc) is 2.19. The number of rotatable bonds is 7. The van der Waals surface area contributed by atoms with Crippen LogP contribution in [0.15, 0.2) is 0 Å². The van der Waals surface area contributed by atoms with Crippen LogP contribution in [-0.4, -0.2) is 63.6 Å². The minimum Gasteiger partial charge on any atom is -0.394 e. The summed E-state index contributed by atoms with van der Waals surface area (Å²) in [6.07, 6.45) is -0.560. The molecule has 0 aromatic rings. The molecule has 0 saturated carbocycles. The first-order chi connectivity index (χ1) is 6.68. The van der Waals surface area contributed by atoms with Crippen molar-refractivity contribution in [2.45, 2.75) is 13.0 Å². The summed E-state index contributed by atoms with van der Waals surface area (Å²) in [5.41, 5.74) is 0. The molecule has 0 radical (unpaired) electrons. The normalized spacial score (nSPS) is 11.8. The van der Waals surface area contributed by atoms with E-state index in [0.29, 0.717) is 26.4 Å². The first-order valence-electron chi connectivity index (χ1n) is 4.53. The summed E-state index contributed by atoms with van der Waals surface area (Å²) in [7, 11) is 3.30. The minimum absolute atomic E-state index is 0.139. The standard InChI is InChI=1S/C6H14O3.C3H8O2/c1-7-3-5-9-6-4-8-2;1-3(5)2-4/h3-6H2,1-2H3;3-5H,2H2,1H3. The molecule has 0 heterocycles. The Bertz CT molecular complexity index is 81.3. The van der Waals surface area contributed by atoms with E-state index in [1.807, 2.05) is 0 Å². The van der Waals surface area contributed by atoms with Crippen molar-refractivity contribution in [3.63, 3.8) is 0 Å². The quantitative estimate of drug-likeness (QED) is 0.562. The molecule has 0 spiro atoms. The smallest absolute Gasteiger partial charge is 0.0742 e. The Morgan fingerprint density at radius 3 is 1.57 bits per heavy atom. The zero-order valence-corrected chi connectivity index (χ0v) is 9.23. The molecule has 1 unspecified atom stereocenters. The van der Waals surface area contributed by atoms with E-state index in [2.05, 4.69) is 0 Å². The Morgan fingerprint density at radius 2 is 1.36 bits per heavy atom. The highest BCUT2D eigenvalue weighted by Crippen LogP contribution is 1.75. The van der Waals surface area contributed by atoms with Gasteiger partial charge in [0.15, 0.2) is 0 Å². The maximum Gasteiger partial charge on any atom is 0.0742 e. The lowest BCUT2D eigenvalue weighted by molar-refractivity contribution is 0.0385. The Hall–Kier alpha value is -0.200. The molecule has 14 heavy (non-hydrogen) atoms. The van der Waals surface area contributed by atoms with Crippen molar-refractivity contribution in [1.82, 2.24) is 0 Å². The molecule has 0 aromatic carbocycles. The van der Waals surface area contributed by atoms with Gasteiger partial charge in [-0.15, -0.1) is 0 Å². The fraction of sp³-hybridized carbons (Fsp3) is 1.00. The molecule has 0 aliphatic carbocycles. The zero-order chi connectivity index (χ0) is 11.2. The minimum atomic E-state index is -0.560. The van der Waals surface area contributed by atoms with Gasteiger partial charge in [-0.2, -0.15) is 0 Å². The third-order valence-corrected chi connectivity index (χ3v) is 1.13. The molecule has 0 aromatic heterocycles. The van der Waals surface area contributed by atoms with Crippen LogP contribution in [0.1, 0.15) is 6.92 Å². The van der Waals surface area contributed by atoms with Gasteiger partial charge >= 0.3 is 0 Å². The third-order valence-electron chi connectivity index (χ3n) is 1.13. The maximum absolute atomic E-state index is 8.11. The highest BCUT2D eigenvalue weighted by atomic mass is 16.5. The Morgan fingerprint density at radius 1 is 1.00 bits per heavy atom. The van der Waals surface area contributed by atoms with Crippen LogP contribution in [0.5, 0.6) is 0 Å². The topological polar surface area (TPSA) is 68.2 Å². The molecule has 0 aliphatic rings. The highest BCUT2D eigenvalue weighted by molar-refractivity contribution is 4.34. The largest absolute Gasteiger partial charge is 0.394 e. The third kappa shape index (κ3) is 22.6. The molecular weight excluding hydrogens is 188 g/mol. The van der Waals surface area contributed by atoms with Gasteiger partial charge in [0, 0.05) is 14.2 Å². The van der Waals surface area contributed by atoms with E-state index in [-0.39, 0.29) is 6.61 Å². The van der Waals surface area contributed by atoms with Crippen LogP contribution < -0.4 is 0 Å². The molecule has 0 amide bonds. The Kier molecular flexibility index (Phi) is 17.7. The first kappa shape index (κ1) is 16.2. The van der Waals surface area contributed by atoms with Crippen LogP contribution in [0.4, 0.5) is 0 Å². The summed E-state index contributed by atoms with van der Waals surface area (Å²) in [4.78, 5) is 0. The lowest BCUT2D eigenvalue weighted by Gasteiger charge is -2.00. The van der Waals surface area contributed by atoms with E-state index >= 15 is 0 Å². The molecule has 1 atom stereocenters. The van der Waals surface area contributed by atoms with E-state index in [0.717, 1.165) is 0 Å². The monoisotopic (exact) mass is 210 g/mol. The van der Waals surface area contributed by atoms with Crippen molar-refractivity contribution in [3.05, 3.63) is 0 Å². The van der Waals surface area contributed by atoms with Crippen LogP contribution in [-0.2, 0) is 14.2 Å². The number of aliphatic hydroxyl groups excluding tert-OH is 2. The van der Waals surface area contributed by atoms with E-state index in [1.165, 1.54) is 6.92 Å². The maximum atomic E-state index is 8.11. The Balaban J connectivity index is 0. The van der Waals surface area contributed by atoms with Gasteiger partial charge < -0.3 is 24.4 Å². The Labute approximate surface area is 85.6 Å². The number of hydrogen-bond donors (Lipinski definition) is 2. The summed E-state index contributed by atoms with van der Waals surface area (Å²) < 4.78 is 14.6. The molecule has 0 bridgehead atoms. The summed E-state index contributed by atoms with van der Waals surface area (Å²) in [6.45, 7) is 4.01. The lowest BCUT2D eigenvalue weighted by Crippen LogP contribution is -2.06. The van der Waals surface area contributed by atoms with Crippen molar-refractivity contribution in [2.24, 2.45) is 0 Å². The fourth-order valence-corrected chi connectivity index (χ4v) is 0.387. The molecule has 5 nitrogen and oxygen atoms in total. The highest BCUT2D eigenvalue weighted by Gasteiger charge is 1.84. The fourth-order valence-electron chi connectivity index (χ4n) is 0.387. The summed E-state index contributed by atoms with van der Waals surface area (Å²) in [5.74, 6) is 0. The zero-order valence-electron chi connectivity index (χ0n) is 9.23. The lowest BCUT2D eigenvalue weighted by atomic mass is 10.5. The van der Waals surface area contributed by atoms with Gasteiger partial charge in [-0.25, -0.2) is 0 Å². The predicted octanol–water partition coefficient (Wildman–Crippen LogP) is -0.345. The number of hydrogen-bond acceptors (Lipinski definition) is 5. The van der Waals surface area contributed by atoms with Crippen LogP contribution in [0, 0.1) is 0 Å². The van der Waals surface area contributed by atoms with Gasteiger partial charge in [-0.1, -0.05) is 0 Å². The van der Waals surface area contributed by atoms with E-state index in [9.17, 15) is 0 Å². The molecule has 2 N–H and O–H groups in total. The van der Waals surface area contributed by atoms with Crippen molar-refractivity contribution in [1.29, 1.82) is 0 Å². The van der Waals surface area contributed by atoms with Crippen LogP contribution in [0.3, 0.4) is 0 Å². The van der Waals surface area contributed by atoms with Crippen LogP contribution in [0.2, 0.25) is 0 Å². The molecule has 88 valence electrons. The SMILES string of the molecule is CC(O)CO.COCCOCCOC. The van der Waals surface area contributed by atoms with Gasteiger partial charge in [0.1, 0.15) is 0 Å². The second-order valence-electron chi connectivity index (χ2n) is 2.63. The van der Waals surface area contributed by atoms with Gasteiger partial charge in [0.2, 0.25) is 0 Å². The van der Waals surface area contributed by atoms with Crippen molar-refractivity contribution in [3.8, 4) is 0 Å². The molecule has 0 fully saturated rings. The van der Waals surface area contributed by atoms with E-state index in [1.54, 1.807) is 14.2 Å². The molecule has 0 rings (SSSR count). The summed E-state index contributed by atoms with van der Waals surface area (Å²) in [6, 6.07) is 0. The van der Waals surface area contributed by atoms with Gasteiger partial charge in [-0.05, 0) is 6.92 Å². The number of ether oxygens (including phenoxy) is 3. The van der Waals surface area contributed by atoms with Gasteiger partial charge in [0.25, 0.3) is 0 Å². The molecule has 0 aliphatic heterocycles. The summed E-state index contributed by atoms with van der Waals surface area (Å²) in [5, 5.41) is 16.0. The summed E-state index contributed by atoms with van der Waals surface area (Å²) >= 11 is 0. The first-order valence-corrected chi connectivity index (χ1v) is 4.53. The van der Waals surface area contributed by atoms with Crippen LogP contribution >= 0.6 is 0 Å². The van der Waals surface area contributed by atoms with E-state index < -0.39 is 6.10 Å². The number of methoxy groups -OCH3 is 2. The van der Waals surface area contributed by atoms with Crippen molar-refractivity contribution < 1.29 is 24.4 Å². The van der Waals surface area contributed by atoms with Crippen LogP contribution in [0.25, 0.3) is 0 Å². The molecule has 5 heteroatoms. The number of aliphatic hydroxyl groups is 2. The average molecular weight is 210 g/mol.